The number of fused-ring (bicyclic) bond motifs is 2. The van der Waals surface area contributed by atoms with Crippen LogP contribution in [0.4, 0.5) is 5.82 Å². The fourth-order valence-electron chi connectivity index (χ4n) is 7.76. The summed E-state index contributed by atoms with van der Waals surface area (Å²) >= 11 is 13.6. The molecule has 0 bridgehead atoms. The SMILES string of the molecule is CC1C(c2ccccc2Cl)=CC=CC1(Nc1nccc2cc(CN3CC[C@@H](O)C3)cnc12)c1nc2cc(CN3CC[C@@H](C(=O)O)C3)cc(Cl)c2o1. The first-order valence-electron chi connectivity index (χ1n) is 17.3. The number of hydrogen-bond donors (Lipinski definition) is 3. The molecule has 5 aromatic rings. The number of aliphatic hydroxyl groups is 1. The normalized spacial score (nSPS) is 24.1. The summed E-state index contributed by atoms with van der Waals surface area (Å²) in [5, 5.41) is 25.2. The number of aliphatic carboxylic acids is 1. The van der Waals surface area contributed by atoms with Crippen LogP contribution >= 0.6 is 23.2 Å². The number of halogens is 2. The van der Waals surface area contributed by atoms with E-state index in [1.54, 1.807) is 6.20 Å². The van der Waals surface area contributed by atoms with Crippen LogP contribution in [0.15, 0.2) is 83.6 Å². The lowest BCUT2D eigenvalue weighted by atomic mass is 9.74. The number of aromatic nitrogens is 3. The molecule has 0 radical (unpaired) electrons. The Hall–Kier alpha value is -4.32. The van der Waals surface area contributed by atoms with E-state index in [0.29, 0.717) is 77.5 Å². The molecule has 12 heteroatoms. The van der Waals surface area contributed by atoms with Crippen molar-refractivity contribution in [3.8, 4) is 0 Å². The van der Waals surface area contributed by atoms with Gasteiger partial charge in [-0.05, 0) is 78.1 Å². The van der Waals surface area contributed by atoms with Gasteiger partial charge in [0, 0.05) is 61.4 Å². The zero-order chi connectivity index (χ0) is 35.3. The van der Waals surface area contributed by atoms with Crippen molar-refractivity contribution in [3.05, 3.63) is 112 Å². The minimum atomic E-state index is -1.03. The molecular weight excluding hydrogens is 687 g/mol. The third-order valence-corrected chi connectivity index (χ3v) is 11.1. The molecule has 2 saturated heterocycles. The smallest absolute Gasteiger partial charge is 0.307 e. The number of carboxylic acids is 1. The number of nitrogens with zero attached hydrogens (tertiary/aromatic N) is 5. The Bertz CT molecular complexity index is 2200. The predicted octanol–water partition coefficient (Wildman–Crippen LogP) is 7.15. The average molecular weight is 726 g/mol. The molecule has 4 atom stereocenters. The third kappa shape index (κ3) is 6.51. The van der Waals surface area contributed by atoms with Crippen molar-refractivity contribution in [2.75, 3.05) is 31.5 Å². The number of allylic oxidation sites excluding steroid dienone is 2. The van der Waals surface area contributed by atoms with Crippen LogP contribution < -0.4 is 5.32 Å². The van der Waals surface area contributed by atoms with E-state index in [1.807, 2.05) is 60.8 Å². The van der Waals surface area contributed by atoms with Gasteiger partial charge in [-0.3, -0.25) is 19.6 Å². The minimum Gasteiger partial charge on any atom is -0.481 e. The molecule has 3 N–H and O–H groups in total. The van der Waals surface area contributed by atoms with E-state index in [1.165, 1.54) is 0 Å². The molecule has 51 heavy (non-hydrogen) atoms. The Balaban J connectivity index is 1.18. The van der Waals surface area contributed by atoms with Gasteiger partial charge in [-0.1, -0.05) is 60.5 Å². The summed E-state index contributed by atoms with van der Waals surface area (Å²) in [6, 6.07) is 15.7. The van der Waals surface area contributed by atoms with Crippen LogP contribution in [-0.2, 0) is 23.4 Å². The Morgan fingerprint density at radius 1 is 1.02 bits per heavy atom. The number of nitrogens with one attached hydrogen (secondary N) is 1. The summed E-state index contributed by atoms with van der Waals surface area (Å²) in [6.07, 6.45) is 10.9. The van der Waals surface area contributed by atoms with E-state index in [2.05, 4.69) is 34.2 Å². The number of rotatable bonds is 9. The first-order chi connectivity index (χ1) is 24.7. The van der Waals surface area contributed by atoms with Crippen LogP contribution in [0.5, 0.6) is 0 Å². The van der Waals surface area contributed by atoms with Gasteiger partial charge in [0.2, 0.25) is 5.89 Å². The molecule has 2 unspecified atom stereocenters. The Morgan fingerprint density at radius 2 is 1.82 bits per heavy atom. The van der Waals surface area contributed by atoms with E-state index >= 15 is 0 Å². The second-order valence-corrected chi connectivity index (χ2v) is 14.7. The lowest BCUT2D eigenvalue weighted by Crippen LogP contribution is -2.42. The number of carboxylic acid groups (broad SMARTS) is 1. The van der Waals surface area contributed by atoms with Gasteiger partial charge in [0.25, 0.3) is 0 Å². The second kappa shape index (κ2) is 13.7. The highest BCUT2D eigenvalue weighted by Crippen LogP contribution is 2.47. The van der Waals surface area contributed by atoms with Crippen molar-refractivity contribution in [2.45, 2.75) is 44.5 Å². The molecule has 2 fully saturated rings. The second-order valence-electron chi connectivity index (χ2n) is 13.9. The molecular formula is C39H38Cl2N6O4. The first kappa shape index (κ1) is 33.8. The molecule has 10 nitrogen and oxygen atoms in total. The molecule has 262 valence electrons. The largest absolute Gasteiger partial charge is 0.481 e. The topological polar surface area (TPSA) is 128 Å². The van der Waals surface area contributed by atoms with Gasteiger partial charge in [0.1, 0.15) is 16.6 Å². The molecule has 0 spiro atoms. The van der Waals surface area contributed by atoms with E-state index in [9.17, 15) is 15.0 Å². The van der Waals surface area contributed by atoms with E-state index < -0.39 is 11.5 Å². The summed E-state index contributed by atoms with van der Waals surface area (Å²) in [5.41, 5.74) is 4.66. The maximum Gasteiger partial charge on any atom is 0.307 e. The van der Waals surface area contributed by atoms with E-state index in [-0.39, 0.29) is 17.9 Å². The number of pyridine rings is 2. The molecule has 8 rings (SSSR count). The van der Waals surface area contributed by atoms with E-state index in [4.69, 9.17) is 42.6 Å². The van der Waals surface area contributed by atoms with Crippen molar-refractivity contribution in [3.63, 3.8) is 0 Å². The summed E-state index contributed by atoms with van der Waals surface area (Å²) < 4.78 is 6.60. The fraction of sp³-hybridized carbons (Fsp3) is 0.333. The van der Waals surface area contributed by atoms with Crippen molar-refractivity contribution >= 4 is 62.6 Å². The Labute approximate surface area is 305 Å². The molecule has 3 aromatic heterocycles. The molecule has 0 saturated carbocycles. The highest BCUT2D eigenvalue weighted by atomic mass is 35.5. The van der Waals surface area contributed by atoms with Gasteiger partial charge in [0.05, 0.1) is 17.0 Å². The number of likely N-dealkylation sites (tertiary alicyclic amines) is 2. The average Bonchev–Trinajstić information content (AvgIpc) is 3.87. The highest BCUT2D eigenvalue weighted by molar-refractivity contribution is 6.34. The van der Waals surface area contributed by atoms with E-state index in [0.717, 1.165) is 40.6 Å². The molecule has 3 aliphatic rings. The zero-order valence-corrected chi connectivity index (χ0v) is 29.6. The van der Waals surface area contributed by atoms with Crippen molar-refractivity contribution in [2.24, 2.45) is 11.8 Å². The highest BCUT2D eigenvalue weighted by Gasteiger charge is 2.45. The molecule has 1 aliphatic carbocycles. The molecule has 0 amide bonds. The maximum absolute atomic E-state index is 11.6. The van der Waals surface area contributed by atoms with Gasteiger partial charge in [-0.2, -0.15) is 0 Å². The standard InChI is InChI=1S/C39H38Cl2N6O4/c1-23-29(30-5-2-3-7-31(30)40)6-4-11-39(23,45-36-34-26(8-12-42-36)15-25(18-43-34)20-47-14-10-28(48)22-47)38-44-33-17-24(16-32(41)35(33)51-38)19-46-13-9-27(21-46)37(49)50/h2-8,11-12,15-18,23,27-28,48H,9-10,13-14,19-22H2,1H3,(H,42,45)(H,49,50)/t23?,27-,28-,39?/m1/s1. The summed E-state index contributed by atoms with van der Waals surface area (Å²) in [7, 11) is 0. The van der Waals surface area contributed by atoms with Crippen LogP contribution in [0, 0.1) is 11.8 Å². The van der Waals surface area contributed by atoms with Crippen molar-refractivity contribution < 1.29 is 19.4 Å². The minimum absolute atomic E-state index is 0.246. The molecule has 5 heterocycles. The number of benzene rings is 2. The van der Waals surface area contributed by atoms with Crippen LogP contribution in [-0.4, -0.2) is 73.2 Å². The third-order valence-electron chi connectivity index (χ3n) is 10.5. The van der Waals surface area contributed by atoms with Crippen LogP contribution in [0.3, 0.4) is 0 Å². The number of β-amino-alcohol motifs (C(OH)–C–C–N with tert-alkyl or cyclic N) is 1. The molecule has 2 aromatic carbocycles. The summed E-state index contributed by atoms with van der Waals surface area (Å²) in [5.74, 6) is -0.388. The van der Waals surface area contributed by atoms with Crippen molar-refractivity contribution in [1.29, 1.82) is 0 Å². The monoisotopic (exact) mass is 724 g/mol. The summed E-state index contributed by atoms with van der Waals surface area (Å²) in [4.78, 5) is 30.7. The Kier molecular flexibility index (Phi) is 9.06. The van der Waals surface area contributed by atoms with Gasteiger partial charge >= 0.3 is 5.97 Å². The summed E-state index contributed by atoms with van der Waals surface area (Å²) in [6.45, 7) is 6.11. The van der Waals surface area contributed by atoms with Gasteiger partial charge in [-0.15, -0.1) is 0 Å². The maximum atomic E-state index is 11.6. The number of oxazole rings is 1. The molecule has 2 aliphatic heterocycles. The van der Waals surface area contributed by atoms with Gasteiger partial charge in [0.15, 0.2) is 11.4 Å². The van der Waals surface area contributed by atoms with Crippen LogP contribution in [0.1, 0.15) is 42.3 Å². The predicted molar refractivity (Wildman–Crippen MR) is 199 cm³/mol. The number of aliphatic hydroxyl groups excluding tert-OH is 1. The van der Waals surface area contributed by atoms with Gasteiger partial charge < -0.3 is 19.9 Å². The fourth-order valence-corrected chi connectivity index (χ4v) is 8.28. The van der Waals surface area contributed by atoms with Crippen molar-refractivity contribution in [1.82, 2.24) is 24.8 Å². The van der Waals surface area contributed by atoms with Crippen LogP contribution in [0.25, 0.3) is 27.6 Å². The number of hydrogen-bond acceptors (Lipinski definition) is 9. The number of anilines is 1. The quantitative estimate of drug-likeness (QED) is 0.144. The van der Waals surface area contributed by atoms with Crippen LogP contribution in [0.2, 0.25) is 10.0 Å². The number of carbonyl (C=O) groups is 1. The Morgan fingerprint density at radius 3 is 2.61 bits per heavy atom. The lowest BCUT2D eigenvalue weighted by molar-refractivity contribution is -0.141. The van der Waals surface area contributed by atoms with Gasteiger partial charge in [-0.25, -0.2) is 9.97 Å². The zero-order valence-electron chi connectivity index (χ0n) is 28.1. The first-order valence-corrected chi connectivity index (χ1v) is 18.0. The lowest BCUT2D eigenvalue weighted by Gasteiger charge is -2.38.